The zero-order valence-electron chi connectivity index (χ0n) is 16.9. The van der Waals surface area contributed by atoms with Gasteiger partial charge in [0.05, 0.1) is 18.7 Å². The molecule has 2 rings (SSSR count). The Morgan fingerprint density at radius 2 is 1.48 bits per heavy atom. The maximum Gasteiger partial charge on any atom is 0.338 e. The van der Waals surface area contributed by atoms with E-state index in [1.54, 1.807) is 31.2 Å². The van der Waals surface area contributed by atoms with E-state index >= 15 is 0 Å². The van der Waals surface area contributed by atoms with Crippen LogP contribution in [0, 0.1) is 0 Å². The van der Waals surface area contributed by atoms with Crippen LogP contribution in [0.15, 0.2) is 48.5 Å². The molecule has 0 bridgehead atoms. The molecule has 2 aromatic rings. The van der Waals surface area contributed by atoms with Crippen LogP contribution in [0.1, 0.15) is 59.5 Å². The molecular weight excluding hydrogens is 338 g/mol. The van der Waals surface area contributed by atoms with Crippen molar-refractivity contribution in [1.82, 2.24) is 4.90 Å². The average molecular weight is 367 g/mol. The van der Waals surface area contributed by atoms with E-state index in [2.05, 4.69) is 45.0 Å². The fourth-order valence-corrected chi connectivity index (χ4v) is 2.82. The monoisotopic (exact) mass is 367 g/mol. The van der Waals surface area contributed by atoms with Crippen molar-refractivity contribution in [3.63, 3.8) is 0 Å². The number of hydrogen-bond donors (Lipinski definition) is 0. The highest BCUT2D eigenvalue weighted by molar-refractivity contribution is 5.98. The van der Waals surface area contributed by atoms with E-state index in [4.69, 9.17) is 4.74 Å². The molecule has 0 saturated carbocycles. The third kappa shape index (κ3) is 6.04. The first-order chi connectivity index (χ1) is 12.7. The molecule has 0 saturated heterocycles. The molecular formula is C23H29NO3. The minimum atomic E-state index is -0.368. The van der Waals surface area contributed by atoms with Crippen LogP contribution in [0.4, 0.5) is 0 Å². The van der Waals surface area contributed by atoms with Crippen LogP contribution in [-0.4, -0.2) is 36.9 Å². The lowest BCUT2D eigenvalue weighted by Gasteiger charge is -2.20. The highest BCUT2D eigenvalue weighted by atomic mass is 16.5. The number of likely N-dealkylation sites (N-methyl/N-ethyl adjacent to an activating group) is 1. The molecule has 0 aromatic heterocycles. The summed E-state index contributed by atoms with van der Waals surface area (Å²) in [4.78, 5) is 26.2. The van der Waals surface area contributed by atoms with E-state index in [1.807, 2.05) is 11.9 Å². The number of ether oxygens (including phenoxy) is 1. The molecule has 4 heteroatoms. The number of esters is 1. The second-order valence-electron chi connectivity index (χ2n) is 7.84. The van der Waals surface area contributed by atoms with Gasteiger partial charge in [0, 0.05) is 12.1 Å². The fraction of sp³-hybridized carbons (Fsp3) is 0.391. The van der Waals surface area contributed by atoms with Crippen molar-refractivity contribution in [2.45, 2.75) is 39.7 Å². The van der Waals surface area contributed by atoms with Crippen LogP contribution >= 0.6 is 0 Å². The predicted octanol–water partition coefficient (Wildman–Crippen LogP) is 4.48. The average Bonchev–Trinajstić information content (AvgIpc) is 2.61. The maximum atomic E-state index is 12.5. The summed E-state index contributed by atoms with van der Waals surface area (Å²) >= 11 is 0. The van der Waals surface area contributed by atoms with Gasteiger partial charge in [0.1, 0.15) is 0 Å². The summed E-state index contributed by atoms with van der Waals surface area (Å²) in [5.41, 5.74) is 3.66. The largest absolute Gasteiger partial charge is 0.462 e. The molecule has 0 fully saturated rings. The number of ketones is 1. The van der Waals surface area contributed by atoms with Crippen molar-refractivity contribution in [2.75, 3.05) is 20.2 Å². The number of carbonyl (C=O) groups excluding carboxylic acids is 2. The summed E-state index contributed by atoms with van der Waals surface area (Å²) in [5.74, 6) is -0.341. The molecule has 0 atom stereocenters. The third-order valence-electron chi connectivity index (χ3n) is 4.40. The van der Waals surface area contributed by atoms with Crippen LogP contribution in [0.3, 0.4) is 0 Å². The third-order valence-corrected chi connectivity index (χ3v) is 4.40. The molecule has 0 aliphatic carbocycles. The van der Waals surface area contributed by atoms with Gasteiger partial charge >= 0.3 is 5.97 Å². The summed E-state index contributed by atoms with van der Waals surface area (Å²) < 4.78 is 4.96. The molecule has 27 heavy (non-hydrogen) atoms. The molecule has 4 nitrogen and oxygen atoms in total. The fourth-order valence-electron chi connectivity index (χ4n) is 2.82. The number of nitrogens with zero attached hydrogens (tertiary/aromatic N) is 1. The van der Waals surface area contributed by atoms with E-state index in [9.17, 15) is 9.59 Å². The molecule has 144 valence electrons. The highest BCUT2D eigenvalue weighted by Gasteiger charge is 2.14. The van der Waals surface area contributed by atoms with Gasteiger partial charge in [0.25, 0.3) is 0 Å². The number of hydrogen-bond acceptors (Lipinski definition) is 4. The lowest BCUT2D eigenvalue weighted by atomic mass is 9.87. The zero-order chi connectivity index (χ0) is 20.0. The van der Waals surface area contributed by atoms with Crippen molar-refractivity contribution in [3.8, 4) is 0 Å². The Balaban J connectivity index is 1.94. The first-order valence-electron chi connectivity index (χ1n) is 9.29. The van der Waals surface area contributed by atoms with Crippen molar-refractivity contribution in [3.05, 3.63) is 70.8 Å². The standard InChI is InChI=1S/C23H29NO3/c1-6-27-22(26)19-11-9-18(10-12-19)21(25)16-24(5)15-17-7-13-20(14-8-17)23(2,3)4/h7-14H,6,15-16H2,1-5H3. The Kier molecular flexibility index (Phi) is 6.92. The number of Topliss-reactive ketones (excluding diaryl/α,β-unsaturated/α-hetero) is 1. The quantitative estimate of drug-likeness (QED) is 0.535. The number of rotatable bonds is 7. The summed E-state index contributed by atoms with van der Waals surface area (Å²) in [6.07, 6.45) is 0. The van der Waals surface area contributed by atoms with Gasteiger partial charge in [-0.25, -0.2) is 4.79 Å². The van der Waals surface area contributed by atoms with Gasteiger partial charge in [-0.15, -0.1) is 0 Å². The molecule has 0 aliphatic heterocycles. The van der Waals surface area contributed by atoms with Crippen LogP contribution in [-0.2, 0) is 16.7 Å². The van der Waals surface area contributed by atoms with Gasteiger partial charge in [0.15, 0.2) is 5.78 Å². The maximum absolute atomic E-state index is 12.5. The van der Waals surface area contributed by atoms with E-state index in [1.165, 1.54) is 11.1 Å². The van der Waals surface area contributed by atoms with Crippen LogP contribution in [0.2, 0.25) is 0 Å². The first kappa shape index (κ1) is 20.8. The van der Waals surface area contributed by atoms with E-state index in [0.717, 1.165) is 0 Å². The van der Waals surface area contributed by atoms with Gasteiger partial charge < -0.3 is 4.74 Å². The van der Waals surface area contributed by atoms with Crippen LogP contribution in [0.25, 0.3) is 0 Å². The van der Waals surface area contributed by atoms with Crippen molar-refractivity contribution < 1.29 is 14.3 Å². The zero-order valence-corrected chi connectivity index (χ0v) is 16.9. The predicted molar refractivity (Wildman–Crippen MR) is 108 cm³/mol. The first-order valence-corrected chi connectivity index (χ1v) is 9.29. The molecule has 0 aliphatic rings. The van der Waals surface area contributed by atoms with E-state index < -0.39 is 0 Å². The lowest BCUT2D eigenvalue weighted by molar-refractivity contribution is 0.0526. The van der Waals surface area contributed by atoms with Gasteiger partial charge in [-0.3, -0.25) is 9.69 Å². The minimum Gasteiger partial charge on any atom is -0.462 e. The molecule has 0 unspecified atom stereocenters. The van der Waals surface area contributed by atoms with Gasteiger partial charge in [-0.1, -0.05) is 57.2 Å². The van der Waals surface area contributed by atoms with Crippen LogP contribution < -0.4 is 0 Å². The Morgan fingerprint density at radius 1 is 0.926 bits per heavy atom. The highest BCUT2D eigenvalue weighted by Crippen LogP contribution is 2.22. The molecule has 0 amide bonds. The van der Waals surface area contributed by atoms with Gasteiger partial charge in [-0.05, 0) is 42.6 Å². The molecule has 0 N–H and O–H groups in total. The number of carbonyl (C=O) groups is 2. The Morgan fingerprint density at radius 3 is 2.00 bits per heavy atom. The summed E-state index contributed by atoms with van der Waals surface area (Å²) in [5, 5.41) is 0. The van der Waals surface area contributed by atoms with Crippen LogP contribution in [0.5, 0.6) is 0 Å². The molecule has 0 spiro atoms. The topological polar surface area (TPSA) is 46.6 Å². The summed E-state index contributed by atoms with van der Waals surface area (Å²) in [6, 6.07) is 15.2. The second kappa shape index (κ2) is 8.96. The van der Waals surface area contributed by atoms with Gasteiger partial charge in [-0.2, -0.15) is 0 Å². The SMILES string of the molecule is CCOC(=O)c1ccc(C(=O)CN(C)Cc2ccc(C(C)(C)C)cc2)cc1. The Hall–Kier alpha value is -2.46. The van der Waals surface area contributed by atoms with E-state index in [0.29, 0.717) is 30.8 Å². The van der Waals surface area contributed by atoms with Gasteiger partial charge in [0.2, 0.25) is 0 Å². The smallest absolute Gasteiger partial charge is 0.338 e. The Bertz CT molecular complexity index is 771. The van der Waals surface area contributed by atoms with Crippen molar-refractivity contribution in [2.24, 2.45) is 0 Å². The minimum absolute atomic E-state index is 0.0271. The number of benzene rings is 2. The molecule has 0 heterocycles. The molecule has 0 radical (unpaired) electrons. The van der Waals surface area contributed by atoms with E-state index in [-0.39, 0.29) is 17.2 Å². The summed E-state index contributed by atoms with van der Waals surface area (Å²) in [7, 11) is 1.93. The lowest BCUT2D eigenvalue weighted by Crippen LogP contribution is -2.25. The van der Waals surface area contributed by atoms with Crippen molar-refractivity contribution >= 4 is 11.8 Å². The normalized spacial score (nSPS) is 11.5. The Labute approximate surface area is 162 Å². The molecule has 2 aromatic carbocycles. The summed E-state index contributed by atoms with van der Waals surface area (Å²) in [6.45, 7) is 9.71. The second-order valence-corrected chi connectivity index (χ2v) is 7.84. The van der Waals surface area contributed by atoms with Crippen molar-refractivity contribution in [1.29, 1.82) is 0 Å².